The van der Waals surface area contributed by atoms with Crippen molar-refractivity contribution in [2.45, 2.75) is 19.3 Å². The van der Waals surface area contributed by atoms with Crippen molar-refractivity contribution < 1.29 is 4.74 Å². The fourth-order valence-electron chi connectivity index (χ4n) is 2.69. The molecule has 1 atom stereocenters. The molecule has 20 heavy (non-hydrogen) atoms. The molecule has 0 saturated heterocycles. The summed E-state index contributed by atoms with van der Waals surface area (Å²) in [6, 6.07) is 7.86. The summed E-state index contributed by atoms with van der Waals surface area (Å²) in [4.78, 5) is 9.22. The molecule has 4 nitrogen and oxygen atoms in total. The minimum absolute atomic E-state index is 0.578. The maximum Gasteiger partial charge on any atom is 0.159 e. The number of fused-ring (bicyclic) bond motifs is 1. The summed E-state index contributed by atoms with van der Waals surface area (Å²) in [6.45, 7) is 0.747. The molecule has 1 aliphatic rings. The van der Waals surface area contributed by atoms with E-state index in [2.05, 4.69) is 4.98 Å². The number of aromatic nitrogens is 2. The summed E-state index contributed by atoms with van der Waals surface area (Å²) in [5, 5.41) is 0. The SMILES string of the molecule is COc1cccc(-c2ncc3c(n2)CCC(CN)C3)c1. The third-order valence-electron chi connectivity index (χ3n) is 3.91. The number of aryl methyl sites for hydroxylation is 1. The average Bonchev–Trinajstić information content (AvgIpc) is 2.54. The molecule has 0 aliphatic heterocycles. The van der Waals surface area contributed by atoms with E-state index >= 15 is 0 Å². The Hall–Kier alpha value is -1.94. The zero-order chi connectivity index (χ0) is 13.9. The van der Waals surface area contributed by atoms with Gasteiger partial charge in [0.05, 0.1) is 7.11 Å². The highest BCUT2D eigenvalue weighted by Crippen LogP contribution is 2.26. The Morgan fingerprint density at radius 3 is 3.10 bits per heavy atom. The second kappa shape index (κ2) is 5.59. The number of ether oxygens (including phenoxy) is 1. The lowest BCUT2D eigenvalue weighted by molar-refractivity contribution is 0.415. The van der Waals surface area contributed by atoms with Crippen LogP contribution in [0.15, 0.2) is 30.5 Å². The molecule has 1 aromatic carbocycles. The molecule has 0 fully saturated rings. The largest absolute Gasteiger partial charge is 0.497 e. The van der Waals surface area contributed by atoms with Crippen molar-refractivity contribution in [1.29, 1.82) is 0 Å². The van der Waals surface area contributed by atoms with E-state index in [9.17, 15) is 0 Å². The van der Waals surface area contributed by atoms with Gasteiger partial charge in [0.2, 0.25) is 0 Å². The summed E-state index contributed by atoms with van der Waals surface area (Å²) in [6.07, 6.45) is 5.08. The zero-order valence-corrected chi connectivity index (χ0v) is 11.7. The topological polar surface area (TPSA) is 61.0 Å². The molecule has 104 valence electrons. The molecule has 4 heteroatoms. The molecule has 3 rings (SSSR count). The zero-order valence-electron chi connectivity index (χ0n) is 11.7. The monoisotopic (exact) mass is 269 g/mol. The Balaban J connectivity index is 1.92. The number of nitrogens with two attached hydrogens (primary N) is 1. The lowest BCUT2D eigenvalue weighted by Crippen LogP contribution is -2.23. The van der Waals surface area contributed by atoms with Crippen LogP contribution >= 0.6 is 0 Å². The van der Waals surface area contributed by atoms with Crippen LogP contribution < -0.4 is 10.5 Å². The van der Waals surface area contributed by atoms with E-state index in [4.69, 9.17) is 15.5 Å². The Bertz CT molecular complexity index is 612. The van der Waals surface area contributed by atoms with Gasteiger partial charge in [0.25, 0.3) is 0 Å². The molecule has 0 spiro atoms. The maximum absolute atomic E-state index is 5.76. The quantitative estimate of drug-likeness (QED) is 0.928. The molecular weight excluding hydrogens is 250 g/mol. The van der Waals surface area contributed by atoms with E-state index in [-0.39, 0.29) is 0 Å². The van der Waals surface area contributed by atoms with Crippen molar-refractivity contribution in [3.63, 3.8) is 0 Å². The molecule has 0 radical (unpaired) electrons. The molecule has 1 aliphatic carbocycles. The summed E-state index contributed by atoms with van der Waals surface area (Å²) < 4.78 is 5.25. The van der Waals surface area contributed by atoms with E-state index < -0.39 is 0 Å². The number of nitrogens with zero attached hydrogens (tertiary/aromatic N) is 2. The van der Waals surface area contributed by atoms with E-state index in [1.165, 1.54) is 11.3 Å². The molecule has 1 unspecified atom stereocenters. The normalized spacial score (nSPS) is 17.6. The van der Waals surface area contributed by atoms with E-state index in [1.807, 2.05) is 30.5 Å². The molecule has 1 aromatic heterocycles. The fraction of sp³-hybridized carbons (Fsp3) is 0.375. The van der Waals surface area contributed by atoms with Crippen molar-refractivity contribution >= 4 is 0 Å². The van der Waals surface area contributed by atoms with Crippen LogP contribution in [0, 0.1) is 5.92 Å². The second-order valence-electron chi connectivity index (χ2n) is 5.24. The van der Waals surface area contributed by atoms with Crippen LogP contribution in [-0.2, 0) is 12.8 Å². The first-order valence-corrected chi connectivity index (χ1v) is 6.99. The smallest absolute Gasteiger partial charge is 0.159 e. The van der Waals surface area contributed by atoms with E-state index in [0.717, 1.165) is 42.9 Å². The maximum atomic E-state index is 5.76. The van der Waals surface area contributed by atoms with Crippen molar-refractivity contribution in [2.24, 2.45) is 11.7 Å². The summed E-state index contributed by atoms with van der Waals surface area (Å²) in [5.74, 6) is 2.18. The summed E-state index contributed by atoms with van der Waals surface area (Å²) in [7, 11) is 1.67. The number of benzene rings is 1. The Morgan fingerprint density at radius 1 is 1.40 bits per heavy atom. The average molecular weight is 269 g/mol. The third kappa shape index (κ3) is 2.51. The van der Waals surface area contributed by atoms with Gasteiger partial charge in [-0.1, -0.05) is 12.1 Å². The Kier molecular flexibility index (Phi) is 3.65. The summed E-state index contributed by atoms with van der Waals surface area (Å²) in [5.41, 5.74) is 9.17. The highest BCUT2D eigenvalue weighted by atomic mass is 16.5. The van der Waals surface area contributed by atoms with Gasteiger partial charge in [-0.05, 0) is 49.4 Å². The first-order chi connectivity index (χ1) is 9.80. The second-order valence-corrected chi connectivity index (χ2v) is 5.24. The van der Waals surface area contributed by atoms with Gasteiger partial charge in [0.1, 0.15) is 5.75 Å². The lowest BCUT2D eigenvalue weighted by atomic mass is 9.87. The van der Waals surface area contributed by atoms with Crippen LogP contribution in [0.3, 0.4) is 0 Å². The van der Waals surface area contributed by atoms with Gasteiger partial charge in [0, 0.05) is 17.5 Å². The van der Waals surface area contributed by atoms with Gasteiger partial charge in [0.15, 0.2) is 5.82 Å². The highest BCUT2D eigenvalue weighted by Gasteiger charge is 2.19. The number of methoxy groups -OCH3 is 1. The first-order valence-electron chi connectivity index (χ1n) is 6.99. The van der Waals surface area contributed by atoms with Crippen LogP contribution in [0.5, 0.6) is 5.75 Å². The van der Waals surface area contributed by atoms with Crippen LogP contribution in [-0.4, -0.2) is 23.6 Å². The number of hydrogen-bond donors (Lipinski definition) is 1. The molecule has 2 N–H and O–H groups in total. The molecule has 0 amide bonds. The molecule has 0 bridgehead atoms. The van der Waals surface area contributed by atoms with Crippen molar-refractivity contribution in [1.82, 2.24) is 9.97 Å². The highest BCUT2D eigenvalue weighted by molar-refractivity contribution is 5.57. The van der Waals surface area contributed by atoms with Gasteiger partial charge in [-0.3, -0.25) is 0 Å². The van der Waals surface area contributed by atoms with Gasteiger partial charge in [-0.2, -0.15) is 0 Å². The van der Waals surface area contributed by atoms with E-state index in [1.54, 1.807) is 7.11 Å². The Morgan fingerprint density at radius 2 is 2.30 bits per heavy atom. The molecule has 2 aromatic rings. The molecular formula is C16H19N3O. The van der Waals surface area contributed by atoms with Crippen LogP contribution in [0.4, 0.5) is 0 Å². The van der Waals surface area contributed by atoms with Crippen molar-refractivity contribution in [3.8, 4) is 17.1 Å². The Labute approximate surface area is 119 Å². The van der Waals surface area contributed by atoms with E-state index in [0.29, 0.717) is 5.92 Å². The standard InChI is InChI=1S/C16H19N3O/c1-20-14-4-2-3-12(8-14)16-18-10-13-7-11(9-17)5-6-15(13)19-16/h2-4,8,10-11H,5-7,9,17H2,1H3. The van der Waals surface area contributed by atoms with Crippen LogP contribution in [0.2, 0.25) is 0 Å². The van der Waals surface area contributed by atoms with Gasteiger partial charge in [-0.25, -0.2) is 9.97 Å². The molecule has 0 saturated carbocycles. The predicted molar refractivity (Wildman–Crippen MR) is 78.6 cm³/mol. The van der Waals surface area contributed by atoms with Crippen LogP contribution in [0.25, 0.3) is 11.4 Å². The van der Waals surface area contributed by atoms with Crippen molar-refractivity contribution in [3.05, 3.63) is 41.7 Å². The van der Waals surface area contributed by atoms with Gasteiger partial charge in [-0.15, -0.1) is 0 Å². The fourth-order valence-corrected chi connectivity index (χ4v) is 2.69. The minimum Gasteiger partial charge on any atom is -0.497 e. The number of hydrogen-bond acceptors (Lipinski definition) is 4. The summed E-state index contributed by atoms with van der Waals surface area (Å²) >= 11 is 0. The predicted octanol–water partition coefficient (Wildman–Crippen LogP) is 2.22. The van der Waals surface area contributed by atoms with Crippen LogP contribution in [0.1, 0.15) is 17.7 Å². The first kappa shape index (κ1) is 13.1. The lowest BCUT2D eigenvalue weighted by Gasteiger charge is -2.22. The minimum atomic E-state index is 0.578. The third-order valence-corrected chi connectivity index (χ3v) is 3.91. The van der Waals surface area contributed by atoms with Crippen molar-refractivity contribution in [2.75, 3.05) is 13.7 Å². The van der Waals surface area contributed by atoms with Gasteiger partial charge >= 0.3 is 0 Å². The molecule has 1 heterocycles. The van der Waals surface area contributed by atoms with Gasteiger partial charge < -0.3 is 10.5 Å². The number of rotatable bonds is 3.